The number of carbonyl (C=O) groups is 1. The standard InChI is InChI=1S/C16H32O4/c1-16(18-2)20-14-12-10-8-6-4-3-5-7-9-11-13-19-15-17/h15-16H,3-14H2,1-2H3. The van der Waals surface area contributed by atoms with Gasteiger partial charge in [0.1, 0.15) is 0 Å². The van der Waals surface area contributed by atoms with Crippen LogP contribution in [0.3, 0.4) is 0 Å². The summed E-state index contributed by atoms with van der Waals surface area (Å²) in [4.78, 5) is 9.92. The molecule has 0 aromatic heterocycles. The Morgan fingerprint density at radius 2 is 1.25 bits per heavy atom. The monoisotopic (exact) mass is 288 g/mol. The van der Waals surface area contributed by atoms with Gasteiger partial charge >= 0.3 is 0 Å². The first-order valence-electron chi connectivity index (χ1n) is 8.01. The van der Waals surface area contributed by atoms with Crippen LogP contribution < -0.4 is 0 Å². The lowest BCUT2D eigenvalue weighted by Crippen LogP contribution is -2.10. The van der Waals surface area contributed by atoms with Crippen LogP contribution in [0.1, 0.15) is 71.1 Å². The highest BCUT2D eigenvalue weighted by molar-refractivity contribution is 5.36. The highest BCUT2D eigenvalue weighted by Gasteiger charge is 1.98. The Kier molecular flexibility index (Phi) is 15.9. The van der Waals surface area contributed by atoms with Crippen molar-refractivity contribution in [3.05, 3.63) is 0 Å². The van der Waals surface area contributed by atoms with Gasteiger partial charge in [-0.05, 0) is 19.8 Å². The molecule has 0 amide bonds. The molecular formula is C16H32O4. The zero-order valence-electron chi connectivity index (χ0n) is 13.3. The first-order chi connectivity index (χ1) is 9.81. The van der Waals surface area contributed by atoms with Gasteiger partial charge in [0.15, 0.2) is 6.29 Å². The van der Waals surface area contributed by atoms with Crippen molar-refractivity contribution < 1.29 is 19.0 Å². The van der Waals surface area contributed by atoms with Gasteiger partial charge < -0.3 is 14.2 Å². The van der Waals surface area contributed by atoms with Gasteiger partial charge in [-0.1, -0.05) is 51.4 Å². The van der Waals surface area contributed by atoms with Gasteiger partial charge in [-0.2, -0.15) is 0 Å². The minimum absolute atomic E-state index is 0.0769. The number of unbranched alkanes of at least 4 members (excludes halogenated alkanes) is 9. The minimum Gasteiger partial charge on any atom is -0.468 e. The summed E-state index contributed by atoms with van der Waals surface area (Å²) in [5.74, 6) is 0. The van der Waals surface area contributed by atoms with Crippen LogP contribution >= 0.6 is 0 Å². The number of rotatable bonds is 16. The summed E-state index contributed by atoms with van der Waals surface area (Å²) >= 11 is 0. The van der Waals surface area contributed by atoms with E-state index in [9.17, 15) is 4.79 Å². The predicted octanol–water partition coefficient (Wildman–Crippen LogP) is 4.07. The van der Waals surface area contributed by atoms with Crippen molar-refractivity contribution >= 4 is 6.47 Å². The Labute approximate surface area is 124 Å². The van der Waals surface area contributed by atoms with Gasteiger partial charge in [-0.25, -0.2) is 0 Å². The molecule has 0 saturated carbocycles. The van der Waals surface area contributed by atoms with Crippen LogP contribution in [0.2, 0.25) is 0 Å². The number of ether oxygens (including phenoxy) is 3. The van der Waals surface area contributed by atoms with Crippen molar-refractivity contribution in [2.45, 2.75) is 77.4 Å². The second-order valence-electron chi connectivity index (χ2n) is 5.18. The fraction of sp³-hybridized carbons (Fsp3) is 0.938. The highest BCUT2D eigenvalue weighted by Crippen LogP contribution is 2.10. The lowest BCUT2D eigenvalue weighted by Gasteiger charge is -2.10. The van der Waals surface area contributed by atoms with E-state index in [1.807, 2.05) is 6.92 Å². The average molecular weight is 288 g/mol. The SMILES string of the molecule is COC(C)OCCCCCCCCCCCCOC=O. The van der Waals surface area contributed by atoms with Crippen LogP contribution in [-0.2, 0) is 19.0 Å². The summed E-state index contributed by atoms with van der Waals surface area (Å²) in [6, 6.07) is 0. The zero-order valence-corrected chi connectivity index (χ0v) is 13.3. The fourth-order valence-corrected chi connectivity index (χ4v) is 2.07. The summed E-state index contributed by atoms with van der Waals surface area (Å²) in [6.07, 6.45) is 12.3. The molecule has 0 aliphatic rings. The molecule has 4 nitrogen and oxygen atoms in total. The molecule has 0 heterocycles. The molecule has 0 radical (unpaired) electrons. The minimum atomic E-state index is -0.0769. The quantitative estimate of drug-likeness (QED) is 0.244. The molecule has 120 valence electrons. The van der Waals surface area contributed by atoms with Crippen LogP contribution in [0.25, 0.3) is 0 Å². The summed E-state index contributed by atoms with van der Waals surface area (Å²) in [5, 5.41) is 0. The molecule has 0 fully saturated rings. The molecular weight excluding hydrogens is 256 g/mol. The molecule has 0 aromatic carbocycles. The third-order valence-electron chi connectivity index (χ3n) is 3.41. The fourth-order valence-electron chi connectivity index (χ4n) is 2.07. The van der Waals surface area contributed by atoms with E-state index in [2.05, 4.69) is 4.74 Å². The van der Waals surface area contributed by atoms with Gasteiger partial charge in [-0.3, -0.25) is 4.79 Å². The Morgan fingerprint density at radius 3 is 1.70 bits per heavy atom. The van der Waals surface area contributed by atoms with E-state index in [-0.39, 0.29) is 6.29 Å². The van der Waals surface area contributed by atoms with E-state index in [0.717, 1.165) is 19.4 Å². The van der Waals surface area contributed by atoms with Crippen LogP contribution in [-0.4, -0.2) is 33.1 Å². The molecule has 0 N–H and O–H groups in total. The van der Waals surface area contributed by atoms with Crippen molar-refractivity contribution in [3.8, 4) is 0 Å². The number of hydrogen-bond donors (Lipinski definition) is 0. The van der Waals surface area contributed by atoms with Crippen LogP contribution in [0.5, 0.6) is 0 Å². The number of hydrogen-bond acceptors (Lipinski definition) is 4. The maximum absolute atomic E-state index is 9.92. The third-order valence-corrected chi connectivity index (χ3v) is 3.41. The van der Waals surface area contributed by atoms with Crippen molar-refractivity contribution in [3.63, 3.8) is 0 Å². The lowest BCUT2D eigenvalue weighted by molar-refractivity contribution is -0.128. The second-order valence-corrected chi connectivity index (χ2v) is 5.18. The van der Waals surface area contributed by atoms with Gasteiger partial charge in [-0.15, -0.1) is 0 Å². The maximum Gasteiger partial charge on any atom is 0.293 e. The second kappa shape index (κ2) is 16.4. The van der Waals surface area contributed by atoms with E-state index in [1.54, 1.807) is 7.11 Å². The van der Waals surface area contributed by atoms with Crippen molar-refractivity contribution in [2.75, 3.05) is 20.3 Å². The summed E-state index contributed by atoms with van der Waals surface area (Å²) in [5.41, 5.74) is 0. The van der Waals surface area contributed by atoms with Gasteiger partial charge in [0, 0.05) is 13.7 Å². The summed E-state index contributed by atoms with van der Waals surface area (Å²) in [7, 11) is 1.67. The Bertz CT molecular complexity index is 197. The molecule has 0 aliphatic heterocycles. The Balaban J connectivity index is 2.97. The molecule has 1 atom stereocenters. The molecule has 20 heavy (non-hydrogen) atoms. The smallest absolute Gasteiger partial charge is 0.293 e. The first kappa shape index (κ1) is 19.4. The molecule has 0 spiro atoms. The normalized spacial score (nSPS) is 12.3. The van der Waals surface area contributed by atoms with Crippen LogP contribution in [0.4, 0.5) is 0 Å². The van der Waals surface area contributed by atoms with E-state index in [0.29, 0.717) is 13.1 Å². The molecule has 0 aliphatic carbocycles. The summed E-state index contributed by atoms with van der Waals surface area (Å²) < 4.78 is 15.1. The summed E-state index contributed by atoms with van der Waals surface area (Å²) in [6.45, 7) is 3.83. The van der Waals surface area contributed by atoms with Crippen LogP contribution in [0, 0.1) is 0 Å². The number of carbonyl (C=O) groups excluding carboxylic acids is 1. The first-order valence-corrected chi connectivity index (χ1v) is 8.01. The Hall–Kier alpha value is -0.610. The molecule has 0 rings (SSSR count). The van der Waals surface area contributed by atoms with Crippen molar-refractivity contribution in [1.82, 2.24) is 0 Å². The van der Waals surface area contributed by atoms with Gasteiger partial charge in [0.2, 0.25) is 0 Å². The maximum atomic E-state index is 9.92. The predicted molar refractivity (Wildman–Crippen MR) is 80.6 cm³/mol. The topological polar surface area (TPSA) is 44.8 Å². The zero-order chi connectivity index (χ0) is 14.9. The van der Waals surface area contributed by atoms with E-state index in [4.69, 9.17) is 9.47 Å². The van der Waals surface area contributed by atoms with Gasteiger partial charge in [0.25, 0.3) is 6.47 Å². The Morgan fingerprint density at radius 1 is 0.800 bits per heavy atom. The van der Waals surface area contributed by atoms with Crippen molar-refractivity contribution in [1.29, 1.82) is 0 Å². The number of methoxy groups -OCH3 is 1. The molecule has 0 aromatic rings. The lowest BCUT2D eigenvalue weighted by atomic mass is 10.1. The molecule has 4 heteroatoms. The molecule has 0 saturated heterocycles. The van der Waals surface area contributed by atoms with Crippen LogP contribution in [0.15, 0.2) is 0 Å². The van der Waals surface area contributed by atoms with E-state index in [1.165, 1.54) is 51.4 Å². The van der Waals surface area contributed by atoms with Crippen molar-refractivity contribution in [2.24, 2.45) is 0 Å². The molecule has 1 unspecified atom stereocenters. The highest BCUT2D eigenvalue weighted by atomic mass is 16.7. The largest absolute Gasteiger partial charge is 0.468 e. The molecule has 0 bridgehead atoms. The third kappa shape index (κ3) is 15.4. The van der Waals surface area contributed by atoms with E-state index >= 15 is 0 Å². The van der Waals surface area contributed by atoms with Gasteiger partial charge in [0.05, 0.1) is 6.61 Å². The van der Waals surface area contributed by atoms with E-state index < -0.39 is 0 Å². The average Bonchev–Trinajstić information content (AvgIpc) is 2.47.